The van der Waals surface area contributed by atoms with Gasteiger partial charge in [0, 0.05) is 11.0 Å². The van der Waals surface area contributed by atoms with Gasteiger partial charge >= 0.3 is 0 Å². The fourth-order valence-electron chi connectivity index (χ4n) is 3.34. The van der Waals surface area contributed by atoms with E-state index in [2.05, 4.69) is 26.1 Å². The van der Waals surface area contributed by atoms with Crippen molar-refractivity contribution in [2.24, 2.45) is 0 Å². The lowest BCUT2D eigenvalue weighted by atomic mass is 10.0. The molecule has 0 spiro atoms. The van der Waals surface area contributed by atoms with E-state index in [4.69, 9.17) is 0 Å². The number of aromatic nitrogens is 4. The first-order chi connectivity index (χ1) is 12.1. The molecular weight excluding hydrogens is 386 g/mol. The van der Waals surface area contributed by atoms with Crippen molar-refractivity contribution < 1.29 is 4.79 Å². The van der Waals surface area contributed by atoms with Crippen molar-refractivity contribution >= 4 is 27.4 Å². The summed E-state index contributed by atoms with van der Waals surface area (Å²) in [5.41, 5.74) is 1.19. The van der Waals surface area contributed by atoms with Gasteiger partial charge in [0.1, 0.15) is 18.4 Å². The molecule has 2 aromatic heterocycles. The maximum absolute atomic E-state index is 12.8. The predicted octanol–water partition coefficient (Wildman–Crippen LogP) is 2.02. The Hall–Kier alpha value is -2.48. The second kappa shape index (κ2) is 6.44. The molecule has 1 atom stereocenters. The summed E-state index contributed by atoms with van der Waals surface area (Å²) in [6, 6.07) is 9.58. The number of benzene rings is 1. The average molecular weight is 402 g/mol. The normalized spacial score (nSPS) is 17.3. The third kappa shape index (κ3) is 2.86. The highest BCUT2D eigenvalue weighted by atomic mass is 79.9. The zero-order valence-electron chi connectivity index (χ0n) is 13.4. The van der Waals surface area contributed by atoms with Crippen LogP contribution >= 0.6 is 15.9 Å². The summed E-state index contributed by atoms with van der Waals surface area (Å²) in [6.45, 7) is 0.621. The van der Waals surface area contributed by atoms with Gasteiger partial charge in [0.2, 0.25) is 5.91 Å². The highest BCUT2D eigenvalue weighted by molar-refractivity contribution is 9.10. The van der Waals surface area contributed by atoms with Crippen molar-refractivity contribution in [2.75, 3.05) is 6.54 Å². The first-order valence-electron chi connectivity index (χ1n) is 8.08. The maximum atomic E-state index is 12.8. The number of rotatable bonds is 3. The van der Waals surface area contributed by atoms with Crippen molar-refractivity contribution in [1.29, 1.82) is 0 Å². The molecule has 1 amide bonds. The van der Waals surface area contributed by atoms with Gasteiger partial charge in [0.05, 0.1) is 12.2 Å². The van der Waals surface area contributed by atoms with Crippen molar-refractivity contribution in [3.63, 3.8) is 0 Å². The molecule has 8 heteroatoms. The number of hydrogen-bond donors (Lipinski definition) is 0. The van der Waals surface area contributed by atoms with Gasteiger partial charge < -0.3 is 4.90 Å². The van der Waals surface area contributed by atoms with Gasteiger partial charge in [0.25, 0.3) is 5.56 Å². The molecule has 1 unspecified atom stereocenters. The van der Waals surface area contributed by atoms with Gasteiger partial charge in [0.15, 0.2) is 0 Å². The van der Waals surface area contributed by atoms with Crippen LogP contribution in [0.5, 0.6) is 0 Å². The van der Waals surface area contributed by atoms with Gasteiger partial charge in [-0.05, 0) is 30.5 Å². The molecule has 25 heavy (non-hydrogen) atoms. The first-order valence-corrected chi connectivity index (χ1v) is 8.88. The van der Waals surface area contributed by atoms with Gasteiger partial charge in [-0.2, -0.15) is 10.2 Å². The Balaban J connectivity index is 1.60. The number of nitrogens with zero attached hydrogens (tertiary/aromatic N) is 5. The van der Waals surface area contributed by atoms with Crippen molar-refractivity contribution in [1.82, 2.24) is 24.3 Å². The molecule has 1 aromatic carbocycles. The Kier molecular flexibility index (Phi) is 4.12. The molecule has 0 bridgehead atoms. The van der Waals surface area contributed by atoms with E-state index < -0.39 is 0 Å². The monoisotopic (exact) mass is 401 g/mol. The molecular formula is C17H16BrN5O2. The smallest absolute Gasteiger partial charge is 0.293 e. The number of amides is 1. The van der Waals surface area contributed by atoms with E-state index in [0.717, 1.165) is 22.9 Å². The lowest BCUT2D eigenvalue weighted by Crippen LogP contribution is -2.37. The average Bonchev–Trinajstić information content (AvgIpc) is 3.27. The molecule has 0 N–H and O–H groups in total. The van der Waals surface area contributed by atoms with Gasteiger partial charge in [-0.15, -0.1) is 0 Å². The fraction of sp³-hybridized carbons (Fsp3) is 0.294. The van der Waals surface area contributed by atoms with E-state index >= 15 is 0 Å². The summed E-state index contributed by atoms with van der Waals surface area (Å²) >= 11 is 3.57. The third-order valence-corrected chi connectivity index (χ3v) is 5.27. The third-order valence-electron chi connectivity index (χ3n) is 4.55. The first kappa shape index (κ1) is 16.0. The molecule has 1 aliphatic rings. The highest BCUT2D eigenvalue weighted by Gasteiger charge is 2.31. The largest absolute Gasteiger partial charge is 0.334 e. The number of fused-ring (bicyclic) bond motifs is 1. The Labute approximate surface area is 152 Å². The molecule has 0 radical (unpaired) electrons. The summed E-state index contributed by atoms with van der Waals surface area (Å²) in [6.07, 6.45) is 4.84. The minimum Gasteiger partial charge on any atom is -0.334 e. The second-order valence-corrected chi connectivity index (χ2v) is 6.88. The second-order valence-electron chi connectivity index (χ2n) is 6.02. The number of hydrogen-bond acceptors (Lipinski definition) is 4. The standard InChI is InChI=1S/C17H16BrN5O2/c18-13-5-2-1-4-12(13)14-6-3-9-21(14)16(24)10-22-17(25)15-7-8-19-23(15)11-20-22/h1-2,4-5,7-8,11,14H,3,6,9-10H2. The summed E-state index contributed by atoms with van der Waals surface area (Å²) in [5, 5.41) is 8.03. The Morgan fingerprint density at radius 1 is 1.24 bits per heavy atom. The summed E-state index contributed by atoms with van der Waals surface area (Å²) in [7, 11) is 0. The number of carbonyl (C=O) groups is 1. The molecule has 0 aliphatic carbocycles. The SMILES string of the molecule is O=C(Cn1ncn2nccc2c1=O)N1CCCC1c1ccccc1Br. The topological polar surface area (TPSA) is 72.5 Å². The molecule has 3 aromatic rings. The van der Waals surface area contributed by atoms with E-state index in [1.54, 1.807) is 6.07 Å². The van der Waals surface area contributed by atoms with Gasteiger partial charge in [-0.1, -0.05) is 34.1 Å². The van der Waals surface area contributed by atoms with Crippen LogP contribution in [0.25, 0.3) is 5.52 Å². The fourth-order valence-corrected chi connectivity index (χ4v) is 3.89. The van der Waals surface area contributed by atoms with Crippen molar-refractivity contribution in [3.05, 3.63) is 63.2 Å². The minimum absolute atomic E-state index is 0.0254. The van der Waals surface area contributed by atoms with Gasteiger partial charge in [-0.25, -0.2) is 9.20 Å². The summed E-state index contributed by atoms with van der Waals surface area (Å²) in [4.78, 5) is 27.1. The van der Waals surface area contributed by atoms with Crippen LogP contribution in [0.3, 0.4) is 0 Å². The number of carbonyl (C=O) groups excluding carboxylic acids is 1. The van der Waals surface area contributed by atoms with Crippen LogP contribution in [0.15, 0.2) is 52.1 Å². The van der Waals surface area contributed by atoms with Crippen LogP contribution < -0.4 is 5.56 Å². The van der Waals surface area contributed by atoms with Crippen LogP contribution in [0.2, 0.25) is 0 Å². The van der Waals surface area contributed by atoms with E-state index in [1.165, 1.54) is 21.7 Å². The Morgan fingerprint density at radius 3 is 2.92 bits per heavy atom. The van der Waals surface area contributed by atoms with Gasteiger partial charge in [-0.3, -0.25) is 9.59 Å². The maximum Gasteiger partial charge on any atom is 0.293 e. The summed E-state index contributed by atoms with van der Waals surface area (Å²) < 4.78 is 3.60. The molecule has 0 saturated carbocycles. The predicted molar refractivity (Wildman–Crippen MR) is 95.1 cm³/mol. The molecule has 7 nitrogen and oxygen atoms in total. The Bertz CT molecular complexity index is 996. The van der Waals surface area contributed by atoms with E-state index in [1.807, 2.05) is 29.2 Å². The lowest BCUT2D eigenvalue weighted by molar-refractivity contribution is -0.133. The molecule has 4 rings (SSSR count). The van der Waals surface area contributed by atoms with E-state index in [-0.39, 0.29) is 24.1 Å². The van der Waals surface area contributed by atoms with Crippen LogP contribution in [0.1, 0.15) is 24.4 Å². The molecule has 128 valence electrons. The van der Waals surface area contributed by atoms with Crippen LogP contribution in [0, 0.1) is 0 Å². The van der Waals surface area contributed by atoms with Crippen molar-refractivity contribution in [2.45, 2.75) is 25.4 Å². The van der Waals surface area contributed by atoms with E-state index in [0.29, 0.717) is 12.1 Å². The quantitative estimate of drug-likeness (QED) is 0.672. The zero-order chi connectivity index (χ0) is 17.4. The number of halogens is 1. The molecule has 1 fully saturated rings. The van der Waals surface area contributed by atoms with Crippen LogP contribution in [-0.2, 0) is 11.3 Å². The summed E-state index contributed by atoms with van der Waals surface area (Å²) in [5.74, 6) is -0.100. The number of likely N-dealkylation sites (tertiary alicyclic amines) is 1. The van der Waals surface area contributed by atoms with Crippen LogP contribution in [0.4, 0.5) is 0 Å². The molecule has 1 aliphatic heterocycles. The van der Waals surface area contributed by atoms with Crippen molar-refractivity contribution in [3.8, 4) is 0 Å². The minimum atomic E-state index is -0.315. The Morgan fingerprint density at radius 2 is 2.08 bits per heavy atom. The van der Waals surface area contributed by atoms with Crippen LogP contribution in [-0.4, -0.2) is 36.7 Å². The lowest BCUT2D eigenvalue weighted by Gasteiger charge is -2.26. The molecule has 1 saturated heterocycles. The highest BCUT2D eigenvalue weighted by Crippen LogP contribution is 2.35. The molecule has 3 heterocycles. The van der Waals surface area contributed by atoms with E-state index in [9.17, 15) is 9.59 Å². The zero-order valence-corrected chi connectivity index (χ0v) is 15.0.